The first-order valence-electron chi connectivity index (χ1n) is 5.41. The Morgan fingerprint density at radius 3 is 3.00 bits per heavy atom. The molecule has 0 unspecified atom stereocenters. The van der Waals surface area contributed by atoms with Gasteiger partial charge in [-0.3, -0.25) is 4.79 Å². The maximum atomic E-state index is 10.9. The van der Waals surface area contributed by atoms with E-state index in [-0.39, 0.29) is 5.91 Å². The minimum Gasteiger partial charge on any atom is -0.387 e. The van der Waals surface area contributed by atoms with Crippen LogP contribution in [0.2, 0.25) is 0 Å². The van der Waals surface area contributed by atoms with E-state index in [1.54, 1.807) is 0 Å². The summed E-state index contributed by atoms with van der Waals surface area (Å²) in [6, 6.07) is 5.87. The van der Waals surface area contributed by atoms with Gasteiger partial charge in [0.15, 0.2) is 0 Å². The first kappa shape index (κ1) is 11.6. The maximum Gasteiger partial charge on any atom is 0.245 e. The first-order chi connectivity index (χ1) is 8.11. The summed E-state index contributed by atoms with van der Waals surface area (Å²) in [5, 5.41) is 11.2. The van der Waals surface area contributed by atoms with Crippen LogP contribution in [-0.2, 0) is 18.4 Å². The van der Waals surface area contributed by atoms with E-state index >= 15 is 0 Å². The highest BCUT2D eigenvalue weighted by Gasteiger charge is 2.05. The summed E-state index contributed by atoms with van der Waals surface area (Å²) in [5.41, 5.74) is 2.96. The van der Waals surface area contributed by atoms with Crippen LogP contribution in [0.4, 0.5) is 0 Å². The number of rotatable bonds is 3. The van der Waals surface area contributed by atoms with Crippen molar-refractivity contribution in [1.82, 2.24) is 14.9 Å². The van der Waals surface area contributed by atoms with Crippen molar-refractivity contribution in [3.8, 4) is 0 Å². The van der Waals surface area contributed by atoms with Crippen LogP contribution in [0, 0.1) is 6.92 Å². The van der Waals surface area contributed by atoms with Gasteiger partial charge in [-0.15, -0.1) is 0 Å². The topological polar surface area (TPSA) is 67.2 Å². The van der Waals surface area contributed by atoms with E-state index in [9.17, 15) is 4.79 Å². The maximum absolute atomic E-state index is 10.9. The van der Waals surface area contributed by atoms with Crippen molar-refractivity contribution < 1.29 is 9.90 Å². The minimum atomic E-state index is -0.481. The third-order valence-corrected chi connectivity index (χ3v) is 2.80. The zero-order valence-electron chi connectivity index (χ0n) is 9.90. The lowest BCUT2D eigenvalue weighted by molar-refractivity contribution is -0.123. The molecule has 1 amide bonds. The SMILES string of the molecule is Cc1nc2cc(CNC(=O)CO)ccc2n1C. The summed E-state index contributed by atoms with van der Waals surface area (Å²) in [5.74, 6) is 0.582. The van der Waals surface area contributed by atoms with Gasteiger partial charge < -0.3 is 15.0 Å². The fourth-order valence-corrected chi connectivity index (χ4v) is 1.73. The number of aryl methyl sites for hydroxylation is 2. The van der Waals surface area contributed by atoms with Crippen molar-refractivity contribution in [3.63, 3.8) is 0 Å². The third-order valence-electron chi connectivity index (χ3n) is 2.80. The molecule has 1 aromatic heterocycles. The molecule has 17 heavy (non-hydrogen) atoms. The van der Waals surface area contributed by atoms with E-state index in [1.165, 1.54) is 0 Å². The average molecular weight is 233 g/mol. The summed E-state index contributed by atoms with van der Waals surface area (Å²) in [6.45, 7) is 1.88. The molecule has 0 bridgehead atoms. The van der Waals surface area contributed by atoms with Crippen LogP contribution in [0.3, 0.4) is 0 Å². The van der Waals surface area contributed by atoms with Gasteiger partial charge in [0.05, 0.1) is 11.0 Å². The lowest BCUT2D eigenvalue weighted by atomic mass is 10.2. The number of nitrogens with one attached hydrogen (secondary N) is 1. The quantitative estimate of drug-likeness (QED) is 0.810. The summed E-state index contributed by atoms with van der Waals surface area (Å²) in [4.78, 5) is 15.3. The normalized spacial score (nSPS) is 10.8. The van der Waals surface area contributed by atoms with Gasteiger partial charge in [-0.05, 0) is 24.6 Å². The number of aliphatic hydroxyl groups excluding tert-OH is 1. The van der Waals surface area contributed by atoms with Crippen LogP contribution in [0.15, 0.2) is 18.2 Å². The molecule has 1 aromatic carbocycles. The van der Waals surface area contributed by atoms with E-state index in [4.69, 9.17) is 5.11 Å². The summed E-state index contributed by atoms with van der Waals surface area (Å²) < 4.78 is 2.02. The predicted molar refractivity (Wildman–Crippen MR) is 64.4 cm³/mol. The zero-order chi connectivity index (χ0) is 12.4. The van der Waals surface area contributed by atoms with Gasteiger partial charge >= 0.3 is 0 Å². The van der Waals surface area contributed by atoms with E-state index in [0.29, 0.717) is 6.54 Å². The van der Waals surface area contributed by atoms with Crippen LogP contribution >= 0.6 is 0 Å². The van der Waals surface area contributed by atoms with Crippen LogP contribution in [0.5, 0.6) is 0 Å². The minimum absolute atomic E-state index is 0.373. The molecule has 5 heteroatoms. The monoisotopic (exact) mass is 233 g/mol. The second-order valence-electron chi connectivity index (χ2n) is 3.98. The molecular weight excluding hydrogens is 218 g/mol. The summed E-state index contributed by atoms with van der Waals surface area (Å²) in [7, 11) is 1.97. The Morgan fingerprint density at radius 2 is 2.29 bits per heavy atom. The van der Waals surface area contributed by atoms with Gasteiger partial charge in [-0.25, -0.2) is 4.98 Å². The summed E-state index contributed by atoms with van der Waals surface area (Å²) >= 11 is 0. The standard InChI is InChI=1S/C12H15N3O2/c1-8-14-10-5-9(6-13-12(17)7-16)3-4-11(10)15(8)2/h3-5,16H,6-7H2,1-2H3,(H,13,17). The van der Waals surface area contributed by atoms with Gasteiger partial charge in [-0.1, -0.05) is 6.07 Å². The number of nitrogens with zero attached hydrogens (tertiary/aromatic N) is 2. The van der Waals surface area contributed by atoms with E-state index in [1.807, 2.05) is 36.7 Å². The lowest BCUT2D eigenvalue weighted by Gasteiger charge is -2.03. The van der Waals surface area contributed by atoms with Crippen molar-refractivity contribution in [2.45, 2.75) is 13.5 Å². The number of aromatic nitrogens is 2. The molecule has 90 valence electrons. The average Bonchev–Trinajstić information content (AvgIpc) is 2.62. The molecule has 0 saturated heterocycles. The molecule has 2 N–H and O–H groups in total. The molecule has 0 aliphatic heterocycles. The highest BCUT2D eigenvalue weighted by atomic mass is 16.3. The van der Waals surface area contributed by atoms with E-state index in [2.05, 4.69) is 10.3 Å². The number of carbonyl (C=O) groups is 1. The molecule has 0 aliphatic rings. The molecular formula is C12H15N3O2. The second-order valence-corrected chi connectivity index (χ2v) is 3.98. The Kier molecular flexibility index (Phi) is 3.10. The van der Waals surface area contributed by atoms with Crippen molar-refractivity contribution >= 4 is 16.9 Å². The van der Waals surface area contributed by atoms with Gasteiger partial charge in [0.2, 0.25) is 5.91 Å². The van der Waals surface area contributed by atoms with Crippen molar-refractivity contribution in [1.29, 1.82) is 0 Å². The molecule has 0 radical (unpaired) electrons. The Balaban J connectivity index is 2.23. The van der Waals surface area contributed by atoms with E-state index in [0.717, 1.165) is 22.4 Å². The second kappa shape index (κ2) is 4.55. The highest BCUT2D eigenvalue weighted by molar-refractivity contribution is 5.78. The number of carbonyl (C=O) groups excluding carboxylic acids is 1. The largest absolute Gasteiger partial charge is 0.387 e. The number of hydrogen-bond acceptors (Lipinski definition) is 3. The smallest absolute Gasteiger partial charge is 0.245 e. The Labute approximate surface area is 99.1 Å². The van der Waals surface area contributed by atoms with Gasteiger partial charge in [0, 0.05) is 13.6 Å². The third kappa shape index (κ3) is 2.29. The van der Waals surface area contributed by atoms with Gasteiger partial charge in [-0.2, -0.15) is 0 Å². The van der Waals surface area contributed by atoms with Crippen LogP contribution in [-0.4, -0.2) is 27.2 Å². The van der Waals surface area contributed by atoms with E-state index < -0.39 is 6.61 Å². The highest BCUT2D eigenvalue weighted by Crippen LogP contribution is 2.16. The Morgan fingerprint density at radius 1 is 1.53 bits per heavy atom. The van der Waals surface area contributed by atoms with Crippen molar-refractivity contribution in [2.75, 3.05) is 6.61 Å². The number of benzene rings is 1. The molecule has 0 atom stereocenters. The summed E-state index contributed by atoms with van der Waals surface area (Å²) in [6.07, 6.45) is 0. The molecule has 0 saturated carbocycles. The molecule has 2 aromatic rings. The van der Waals surface area contributed by atoms with Crippen LogP contribution in [0.1, 0.15) is 11.4 Å². The zero-order valence-corrected chi connectivity index (χ0v) is 9.90. The fraction of sp³-hybridized carbons (Fsp3) is 0.333. The molecule has 5 nitrogen and oxygen atoms in total. The van der Waals surface area contributed by atoms with Crippen LogP contribution < -0.4 is 5.32 Å². The van der Waals surface area contributed by atoms with Crippen molar-refractivity contribution in [2.24, 2.45) is 7.05 Å². The number of imidazole rings is 1. The number of fused-ring (bicyclic) bond motifs is 1. The molecule has 0 aliphatic carbocycles. The molecule has 2 rings (SSSR count). The Bertz CT molecular complexity index is 560. The molecule has 0 spiro atoms. The molecule has 1 heterocycles. The fourth-order valence-electron chi connectivity index (χ4n) is 1.73. The lowest BCUT2D eigenvalue weighted by Crippen LogP contribution is -2.25. The van der Waals surface area contributed by atoms with Crippen molar-refractivity contribution in [3.05, 3.63) is 29.6 Å². The number of hydrogen-bond donors (Lipinski definition) is 2. The van der Waals surface area contributed by atoms with Gasteiger partial charge in [0.25, 0.3) is 0 Å². The van der Waals surface area contributed by atoms with Gasteiger partial charge in [0.1, 0.15) is 12.4 Å². The number of amides is 1. The molecule has 0 fully saturated rings. The first-order valence-corrected chi connectivity index (χ1v) is 5.41. The predicted octanol–water partition coefficient (Wildman–Crippen LogP) is 0.490. The number of aliphatic hydroxyl groups is 1. The van der Waals surface area contributed by atoms with Crippen LogP contribution in [0.25, 0.3) is 11.0 Å². The Hall–Kier alpha value is -1.88.